The van der Waals surface area contributed by atoms with Crippen LogP contribution in [0.15, 0.2) is 42.5 Å². The van der Waals surface area contributed by atoms with E-state index in [0.29, 0.717) is 21.8 Å². The molecule has 0 aromatic heterocycles. The molecular weight excluding hydrogens is 328 g/mol. The van der Waals surface area contributed by atoms with Crippen LogP contribution in [0.1, 0.15) is 34.5 Å². The van der Waals surface area contributed by atoms with E-state index in [9.17, 15) is 14.7 Å². The normalized spacial score (nSPS) is 11.7. The van der Waals surface area contributed by atoms with Gasteiger partial charge < -0.3 is 15.7 Å². The fourth-order valence-corrected chi connectivity index (χ4v) is 2.43. The number of hydrogen-bond donors (Lipinski definition) is 3. The Balaban J connectivity index is 1.90. The lowest BCUT2D eigenvalue weighted by Gasteiger charge is -2.13. The summed E-state index contributed by atoms with van der Waals surface area (Å²) in [4.78, 5) is 23.3. The molecule has 5 nitrogen and oxygen atoms in total. The Hall–Kier alpha value is -2.37. The second-order valence-electron chi connectivity index (χ2n) is 5.49. The van der Waals surface area contributed by atoms with Crippen molar-refractivity contribution in [2.75, 3.05) is 11.9 Å². The maximum Gasteiger partial charge on any atom is 0.319 e. The number of urea groups is 1. The molecule has 6 heteroatoms. The summed E-state index contributed by atoms with van der Waals surface area (Å²) in [5, 5.41) is 15.9. The zero-order valence-electron chi connectivity index (χ0n) is 13.5. The van der Waals surface area contributed by atoms with Gasteiger partial charge in [0.05, 0.1) is 6.10 Å². The van der Waals surface area contributed by atoms with Crippen LogP contribution in [0.25, 0.3) is 0 Å². The first kappa shape index (κ1) is 18.0. The van der Waals surface area contributed by atoms with Crippen LogP contribution in [0, 0.1) is 6.92 Å². The molecule has 0 bridgehead atoms. The lowest BCUT2D eigenvalue weighted by atomic mass is 10.1. The number of aliphatic hydroxyl groups excluding tert-OH is 1. The largest absolute Gasteiger partial charge is 0.387 e. The molecule has 2 amide bonds. The van der Waals surface area contributed by atoms with Gasteiger partial charge in [-0.15, -0.1) is 0 Å². The number of amides is 2. The van der Waals surface area contributed by atoms with Crippen molar-refractivity contribution in [3.05, 3.63) is 64.2 Å². The average Bonchev–Trinajstić information content (AvgIpc) is 2.53. The second-order valence-corrected chi connectivity index (χ2v) is 5.92. The summed E-state index contributed by atoms with van der Waals surface area (Å²) in [6.07, 6.45) is -0.824. The van der Waals surface area contributed by atoms with Crippen molar-refractivity contribution < 1.29 is 14.7 Å². The summed E-state index contributed by atoms with van der Waals surface area (Å²) in [5.74, 6) is -0.0189. The predicted octanol–water partition coefficient (Wildman–Crippen LogP) is 3.71. The van der Waals surface area contributed by atoms with E-state index in [1.165, 1.54) is 6.92 Å². The first-order valence-corrected chi connectivity index (χ1v) is 7.84. The summed E-state index contributed by atoms with van der Waals surface area (Å²) in [7, 11) is 0. The molecule has 0 aliphatic carbocycles. The fourth-order valence-electron chi connectivity index (χ4n) is 2.30. The van der Waals surface area contributed by atoms with Gasteiger partial charge in [0, 0.05) is 22.8 Å². The fraction of sp³-hybridized carbons (Fsp3) is 0.222. The SMILES string of the molecule is CC(=O)c1ccc(NC(=O)NCC(O)c2ccc(Cl)cc2)cc1C. The van der Waals surface area contributed by atoms with Gasteiger partial charge in [0.25, 0.3) is 0 Å². The van der Waals surface area contributed by atoms with Gasteiger partial charge in [-0.3, -0.25) is 4.79 Å². The van der Waals surface area contributed by atoms with E-state index in [4.69, 9.17) is 11.6 Å². The molecule has 0 fully saturated rings. The highest BCUT2D eigenvalue weighted by Gasteiger charge is 2.10. The van der Waals surface area contributed by atoms with Crippen molar-refractivity contribution in [1.82, 2.24) is 5.32 Å². The number of carbonyl (C=O) groups is 2. The van der Waals surface area contributed by atoms with Crippen molar-refractivity contribution in [2.24, 2.45) is 0 Å². The molecule has 1 unspecified atom stereocenters. The third kappa shape index (κ3) is 4.81. The van der Waals surface area contributed by atoms with Crippen LogP contribution in [0.3, 0.4) is 0 Å². The van der Waals surface area contributed by atoms with Crippen LogP contribution in [0.4, 0.5) is 10.5 Å². The smallest absolute Gasteiger partial charge is 0.319 e. The minimum Gasteiger partial charge on any atom is -0.387 e. The third-order valence-electron chi connectivity index (χ3n) is 3.57. The standard InChI is InChI=1S/C18H19ClN2O3/c1-11-9-15(7-8-16(11)12(2)22)21-18(24)20-10-17(23)13-3-5-14(19)6-4-13/h3-9,17,23H,10H2,1-2H3,(H2,20,21,24). The summed E-state index contributed by atoms with van der Waals surface area (Å²) in [6.45, 7) is 3.38. The number of anilines is 1. The number of hydrogen-bond acceptors (Lipinski definition) is 3. The number of aliphatic hydroxyl groups is 1. The maximum atomic E-state index is 11.9. The Bertz CT molecular complexity index is 744. The van der Waals surface area contributed by atoms with Gasteiger partial charge >= 0.3 is 6.03 Å². The highest BCUT2D eigenvalue weighted by atomic mass is 35.5. The number of ketones is 1. The van der Waals surface area contributed by atoms with Crippen molar-refractivity contribution in [1.29, 1.82) is 0 Å². The number of carbonyl (C=O) groups excluding carboxylic acids is 2. The molecule has 2 aromatic carbocycles. The molecule has 0 heterocycles. The van der Waals surface area contributed by atoms with E-state index in [1.54, 1.807) is 42.5 Å². The van der Waals surface area contributed by atoms with Crippen molar-refractivity contribution in [3.8, 4) is 0 Å². The Labute approximate surface area is 145 Å². The first-order valence-electron chi connectivity index (χ1n) is 7.47. The quantitative estimate of drug-likeness (QED) is 0.722. The van der Waals surface area contributed by atoms with E-state index in [0.717, 1.165) is 5.56 Å². The van der Waals surface area contributed by atoms with Crippen molar-refractivity contribution in [3.63, 3.8) is 0 Å². The number of halogens is 1. The molecule has 0 saturated heterocycles. The molecule has 2 rings (SSSR count). The number of benzene rings is 2. The van der Waals surface area contributed by atoms with Gasteiger partial charge in [0.1, 0.15) is 0 Å². The molecule has 0 spiro atoms. The Kier molecular flexibility index (Phi) is 5.95. The molecule has 126 valence electrons. The minimum absolute atomic E-state index is 0.0189. The van der Waals surface area contributed by atoms with E-state index in [1.807, 2.05) is 6.92 Å². The molecule has 0 radical (unpaired) electrons. The van der Waals surface area contributed by atoms with Crippen LogP contribution in [0.5, 0.6) is 0 Å². The molecule has 3 N–H and O–H groups in total. The highest BCUT2D eigenvalue weighted by Crippen LogP contribution is 2.17. The van der Waals surface area contributed by atoms with Crippen LogP contribution in [-0.2, 0) is 0 Å². The Morgan fingerprint density at radius 2 is 1.83 bits per heavy atom. The summed E-state index contributed by atoms with van der Waals surface area (Å²) in [5.41, 5.74) is 2.66. The molecule has 0 aliphatic heterocycles. The molecule has 2 aromatic rings. The first-order chi connectivity index (χ1) is 11.4. The van der Waals surface area contributed by atoms with Crippen LogP contribution >= 0.6 is 11.6 Å². The van der Waals surface area contributed by atoms with Gasteiger partial charge in [-0.2, -0.15) is 0 Å². The molecule has 1 atom stereocenters. The summed E-state index contributed by atoms with van der Waals surface area (Å²) in [6, 6.07) is 11.4. The van der Waals surface area contributed by atoms with Gasteiger partial charge in [0.2, 0.25) is 0 Å². The van der Waals surface area contributed by atoms with Crippen LogP contribution in [0.2, 0.25) is 5.02 Å². The Morgan fingerprint density at radius 1 is 1.17 bits per heavy atom. The maximum absolute atomic E-state index is 11.9. The van der Waals surface area contributed by atoms with Gasteiger partial charge in [-0.25, -0.2) is 4.79 Å². The topological polar surface area (TPSA) is 78.4 Å². The van der Waals surface area contributed by atoms with Crippen molar-refractivity contribution in [2.45, 2.75) is 20.0 Å². The van der Waals surface area contributed by atoms with E-state index in [-0.39, 0.29) is 12.3 Å². The van der Waals surface area contributed by atoms with Gasteiger partial charge in [-0.1, -0.05) is 23.7 Å². The molecule has 24 heavy (non-hydrogen) atoms. The van der Waals surface area contributed by atoms with Crippen LogP contribution < -0.4 is 10.6 Å². The molecule has 0 saturated carbocycles. The molecule has 0 aliphatic rings. The van der Waals surface area contributed by atoms with E-state index in [2.05, 4.69) is 10.6 Å². The predicted molar refractivity (Wildman–Crippen MR) is 94.6 cm³/mol. The second kappa shape index (κ2) is 7.95. The van der Waals surface area contributed by atoms with Gasteiger partial charge in [-0.05, 0) is 55.3 Å². The zero-order valence-corrected chi connectivity index (χ0v) is 14.2. The summed E-state index contributed by atoms with van der Waals surface area (Å²) >= 11 is 5.80. The summed E-state index contributed by atoms with van der Waals surface area (Å²) < 4.78 is 0. The van der Waals surface area contributed by atoms with E-state index < -0.39 is 12.1 Å². The minimum atomic E-state index is -0.824. The highest BCUT2D eigenvalue weighted by molar-refractivity contribution is 6.30. The average molecular weight is 347 g/mol. The number of nitrogens with one attached hydrogen (secondary N) is 2. The lowest BCUT2D eigenvalue weighted by Crippen LogP contribution is -2.32. The Morgan fingerprint density at radius 3 is 2.42 bits per heavy atom. The van der Waals surface area contributed by atoms with Crippen molar-refractivity contribution >= 4 is 29.1 Å². The monoisotopic (exact) mass is 346 g/mol. The third-order valence-corrected chi connectivity index (χ3v) is 3.83. The number of aryl methyl sites for hydroxylation is 1. The van der Waals surface area contributed by atoms with E-state index >= 15 is 0 Å². The molecular formula is C18H19ClN2O3. The lowest BCUT2D eigenvalue weighted by molar-refractivity contribution is 0.101. The number of rotatable bonds is 5. The number of Topliss-reactive ketones (excluding diaryl/α,β-unsaturated/α-hetero) is 1. The zero-order chi connectivity index (χ0) is 17.7. The van der Waals surface area contributed by atoms with Gasteiger partial charge in [0.15, 0.2) is 5.78 Å². The van der Waals surface area contributed by atoms with Crippen LogP contribution in [-0.4, -0.2) is 23.5 Å².